The number of hydrogen-bond acceptors (Lipinski definition) is 5. The lowest BCUT2D eigenvalue weighted by molar-refractivity contribution is 0.0527. The van der Waals surface area contributed by atoms with Crippen LogP contribution in [0.2, 0.25) is 0 Å². The van der Waals surface area contributed by atoms with Crippen molar-refractivity contribution in [2.45, 2.75) is 32.8 Å². The Kier molecular flexibility index (Phi) is 6.56. The third kappa shape index (κ3) is 6.39. The summed E-state index contributed by atoms with van der Waals surface area (Å²) in [4.78, 5) is 27.0. The van der Waals surface area contributed by atoms with Gasteiger partial charge in [-0.25, -0.2) is 9.59 Å². The molecule has 6 nitrogen and oxygen atoms in total. The summed E-state index contributed by atoms with van der Waals surface area (Å²) in [5, 5.41) is 2.65. The summed E-state index contributed by atoms with van der Waals surface area (Å²) in [5.74, 6) is -0.408. The monoisotopic (exact) mass is 306 g/mol. The lowest BCUT2D eigenvalue weighted by Gasteiger charge is -2.19. The normalized spacial score (nSPS) is 11.3. The van der Waals surface area contributed by atoms with Gasteiger partial charge in [0.05, 0.1) is 12.7 Å². The number of aromatic nitrogens is 1. The van der Waals surface area contributed by atoms with Crippen LogP contribution in [0.15, 0.2) is 24.5 Å². The van der Waals surface area contributed by atoms with Crippen molar-refractivity contribution in [3.63, 3.8) is 0 Å². The molecule has 0 saturated carbocycles. The Balaban J connectivity index is 2.47. The van der Waals surface area contributed by atoms with Crippen LogP contribution in [-0.4, -0.2) is 36.3 Å². The van der Waals surface area contributed by atoms with E-state index < -0.39 is 17.7 Å². The number of nitrogens with zero attached hydrogens (tertiary/aromatic N) is 1. The van der Waals surface area contributed by atoms with Crippen LogP contribution in [0, 0.1) is 0 Å². The molecule has 1 aromatic rings. The Morgan fingerprint density at radius 2 is 2.09 bits per heavy atom. The first-order chi connectivity index (χ1) is 10.3. The molecule has 0 aromatic carbocycles. The van der Waals surface area contributed by atoms with E-state index in [1.54, 1.807) is 18.3 Å². The van der Waals surface area contributed by atoms with Crippen molar-refractivity contribution in [3.8, 4) is 0 Å². The number of ether oxygens (including phenoxy) is 2. The highest BCUT2D eigenvalue weighted by molar-refractivity contribution is 5.93. The van der Waals surface area contributed by atoms with E-state index in [1.807, 2.05) is 26.8 Å². The first-order valence-corrected chi connectivity index (χ1v) is 6.99. The number of pyridine rings is 1. The number of alkyl carbamates (subject to hydrolysis) is 1. The van der Waals surface area contributed by atoms with Gasteiger partial charge < -0.3 is 14.8 Å². The van der Waals surface area contributed by atoms with Crippen LogP contribution in [-0.2, 0) is 9.47 Å². The van der Waals surface area contributed by atoms with Gasteiger partial charge >= 0.3 is 12.1 Å². The van der Waals surface area contributed by atoms with E-state index in [2.05, 4.69) is 10.3 Å². The smallest absolute Gasteiger partial charge is 0.407 e. The molecule has 0 bridgehead atoms. The van der Waals surface area contributed by atoms with Gasteiger partial charge in [-0.1, -0.05) is 12.2 Å². The van der Waals surface area contributed by atoms with Gasteiger partial charge in [0.2, 0.25) is 0 Å². The van der Waals surface area contributed by atoms with E-state index in [9.17, 15) is 9.59 Å². The highest BCUT2D eigenvalue weighted by Gasteiger charge is 2.15. The van der Waals surface area contributed by atoms with Crippen LogP contribution in [0.5, 0.6) is 0 Å². The SMILES string of the molecule is COC(=O)c1ccncc1C=CCCNC(=O)OC(C)(C)C. The Bertz CT molecular complexity index is 547. The maximum atomic E-state index is 11.6. The molecule has 1 N–H and O–H groups in total. The summed E-state index contributed by atoms with van der Waals surface area (Å²) in [6.07, 6.45) is 6.90. The molecule has 1 heterocycles. The zero-order chi connectivity index (χ0) is 16.6. The average molecular weight is 306 g/mol. The van der Waals surface area contributed by atoms with Gasteiger partial charge in [0.25, 0.3) is 0 Å². The van der Waals surface area contributed by atoms with Crippen molar-refractivity contribution >= 4 is 18.1 Å². The fraction of sp³-hybridized carbons (Fsp3) is 0.438. The molecule has 1 rings (SSSR count). The fourth-order valence-corrected chi connectivity index (χ4v) is 1.62. The van der Waals surface area contributed by atoms with Crippen molar-refractivity contribution < 1.29 is 19.1 Å². The van der Waals surface area contributed by atoms with Gasteiger partial charge in [-0.05, 0) is 33.3 Å². The second-order valence-corrected chi connectivity index (χ2v) is 5.57. The van der Waals surface area contributed by atoms with Gasteiger partial charge in [-0.3, -0.25) is 4.98 Å². The number of hydrogen-bond donors (Lipinski definition) is 1. The maximum absolute atomic E-state index is 11.6. The molecule has 0 radical (unpaired) electrons. The van der Waals surface area contributed by atoms with Crippen LogP contribution < -0.4 is 5.32 Å². The largest absolute Gasteiger partial charge is 0.465 e. The maximum Gasteiger partial charge on any atom is 0.407 e. The van der Waals surface area contributed by atoms with E-state index in [4.69, 9.17) is 9.47 Å². The van der Waals surface area contributed by atoms with Crippen molar-refractivity contribution in [1.29, 1.82) is 0 Å². The molecular weight excluding hydrogens is 284 g/mol. The summed E-state index contributed by atoms with van der Waals surface area (Å²) in [5.41, 5.74) is 0.617. The second kappa shape index (κ2) is 8.17. The lowest BCUT2D eigenvalue weighted by Crippen LogP contribution is -2.32. The quantitative estimate of drug-likeness (QED) is 0.668. The molecule has 0 atom stereocenters. The van der Waals surface area contributed by atoms with E-state index >= 15 is 0 Å². The summed E-state index contributed by atoms with van der Waals surface area (Å²) in [6, 6.07) is 1.60. The van der Waals surface area contributed by atoms with Crippen LogP contribution in [0.3, 0.4) is 0 Å². The van der Waals surface area contributed by atoms with E-state index in [1.165, 1.54) is 13.3 Å². The minimum atomic E-state index is -0.509. The lowest BCUT2D eigenvalue weighted by atomic mass is 10.1. The van der Waals surface area contributed by atoms with Crippen molar-refractivity contribution in [1.82, 2.24) is 10.3 Å². The standard InChI is InChI=1S/C16H22N2O4/c1-16(2,3)22-15(20)18-9-6-5-7-12-11-17-10-8-13(12)14(19)21-4/h5,7-8,10-11H,6,9H2,1-4H3,(H,18,20). The summed E-state index contributed by atoms with van der Waals surface area (Å²) in [7, 11) is 1.33. The number of carbonyl (C=O) groups excluding carboxylic acids is 2. The third-order valence-corrected chi connectivity index (χ3v) is 2.53. The number of methoxy groups -OCH3 is 1. The molecule has 0 spiro atoms. The number of carbonyl (C=O) groups is 2. The number of esters is 1. The average Bonchev–Trinajstić information content (AvgIpc) is 2.44. The number of nitrogens with one attached hydrogen (secondary N) is 1. The van der Waals surface area contributed by atoms with Crippen LogP contribution >= 0.6 is 0 Å². The molecule has 0 aliphatic carbocycles. The van der Waals surface area contributed by atoms with Crippen molar-refractivity contribution in [3.05, 3.63) is 35.7 Å². The molecule has 1 amide bonds. The molecule has 0 fully saturated rings. The number of rotatable bonds is 5. The molecule has 1 aromatic heterocycles. The molecule has 6 heteroatoms. The fourth-order valence-electron chi connectivity index (χ4n) is 1.62. The first-order valence-electron chi connectivity index (χ1n) is 6.99. The Morgan fingerprint density at radius 3 is 2.73 bits per heavy atom. The second-order valence-electron chi connectivity index (χ2n) is 5.57. The van der Waals surface area contributed by atoms with Gasteiger partial charge in [0, 0.05) is 24.5 Å². The highest BCUT2D eigenvalue weighted by atomic mass is 16.6. The molecule has 120 valence electrons. The van der Waals surface area contributed by atoms with Crippen LogP contribution in [0.4, 0.5) is 4.79 Å². The summed E-state index contributed by atoms with van der Waals surface area (Å²) in [6.45, 7) is 5.87. The van der Waals surface area contributed by atoms with Crippen molar-refractivity contribution in [2.24, 2.45) is 0 Å². The Hall–Kier alpha value is -2.37. The molecule has 22 heavy (non-hydrogen) atoms. The molecule has 0 unspecified atom stereocenters. The van der Waals surface area contributed by atoms with E-state index in [0.717, 1.165) is 0 Å². The number of amides is 1. The van der Waals surface area contributed by atoms with E-state index in [0.29, 0.717) is 24.1 Å². The predicted molar refractivity (Wildman–Crippen MR) is 83.5 cm³/mol. The predicted octanol–water partition coefficient (Wildman–Crippen LogP) is 2.80. The molecule has 0 saturated heterocycles. The van der Waals surface area contributed by atoms with Gasteiger partial charge in [0.15, 0.2) is 0 Å². The zero-order valence-electron chi connectivity index (χ0n) is 13.4. The van der Waals surface area contributed by atoms with Gasteiger partial charge in [-0.15, -0.1) is 0 Å². The molecular formula is C16H22N2O4. The topological polar surface area (TPSA) is 77.5 Å². The minimum absolute atomic E-state index is 0.408. The summed E-state index contributed by atoms with van der Waals surface area (Å²) < 4.78 is 9.83. The van der Waals surface area contributed by atoms with Gasteiger partial charge in [-0.2, -0.15) is 0 Å². The van der Waals surface area contributed by atoms with Crippen LogP contribution in [0.1, 0.15) is 43.1 Å². The van der Waals surface area contributed by atoms with Crippen LogP contribution in [0.25, 0.3) is 6.08 Å². The Labute approximate surface area is 130 Å². The molecule has 0 aliphatic heterocycles. The van der Waals surface area contributed by atoms with E-state index in [-0.39, 0.29) is 0 Å². The highest BCUT2D eigenvalue weighted by Crippen LogP contribution is 2.11. The minimum Gasteiger partial charge on any atom is -0.465 e. The third-order valence-electron chi connectivity index (χ3n) is 2.53. The zero-order valence-corrected chi connectivity index (χ0v) is 13.4. The first kappa shape index (κ1) is 17.7. The summed E-state index contributed by atoms with van der Waals surface area (Å²) >= 11 is 0. The van der Waals surface area contributed by atoms with Crippen molar-refractivity contribution in [2.75, 3.05) is 13.7 Å². The molecule has 0 aliphatic rings. The van der Waals surface area contributed by atoms with Gasteiger partial charge in [0.1, 0.15) is 5.60 Å². The Morgan fingerprint density at radius 1 is 1.36 bits per heavy atom.